The van der Waals surface area contributed by atoms with Crippen molar-refractivity contribution < 1.29 is 23.6 Å². The number of amides is 4. The Morgan fingerprint density at radius 2 is 0.948 bits per heavy atom. The minimum atomic E-state index is -0.693. The molecular weight excluding hydrogens is 732 g/mol. The molecule has 4 aliphatic rings. The highest BCUT2D eigenvalue weighted by molar-refractivity contribution is 6.47. The number of aliphatic imine (C=N–C) groups is 2. The van der Waals surface area contributed by atoms with Crippen LogP contribution in [0.1, 0.15) is 93.7 Å². The fourth-order valence-corrected chi connectivity index (χ4v) is 8.48. The van der Waals surface area contributed by atoms with Crippen molar-refractivity contribution in [3.63, 3.8) is 0 Å². The monoisotopic (exact) mass is 782 g/mol. The first kappa shape index (κ1) is 40.2. The molecule has 2 aliphatic carbocycles. The van der Waals surface area contributed by atoms with E-state index in [1.54, 1.807) is 21.9 Å². The summed E-state index contributed by atoms with van der Waals surface area (Å²) in [5, 5.41) is 5.78. The molecule has 2 fully saturated rings. The fourth-order valence-electron chi connectivity index (χ4n) is 8.48. The van der Waals surface area contributed by atoms with Crippen LogP contribution in [0.2, 0.25) is 0 Å². The highest BCUT2D eigenvalue weighted by Gasteiger charge is 2.49. The van der Waals surface area contributed by atoms with Crippen molar-refractivity contribution in [2.24, 2.45) is 9.98 Å². The molecule has 0 unspecified atom stereocenters. The van der Waals surface area contributed by atoms with Crippen LogP contribution in [-0.2, 0) is 19.2 Å². The molecule has 2 saturated carbocycles. The molecule has 0 atom stereocenters. The number of hydrogen-bond donors (Lipinski definition) is 2. The second kappa shape index (κ2) is 18.1. The van der Waals surface area contributed by atoms with Crippen molar-refractivity contribution in [1.29, 1.82) is 0 Å². The normalized spacial score (nSPS) is 18.4. The van der Waals surface area contributed by atoms with Crippen LogP contribution in [0.15, 0.2) is 119 Å². The molecule has 4 aromatic rings. The molecule has 2 heterocycles. The molecule has 4 amide bonds. The van der Waals surface area contributed by atoms with Crippen molar-refractivity contribution in [2.75, 3.05) is 23.7 Å². The quantitative estimate of drug-likeness (QED) is 0.186. The third-order valence-corrected chi connectivity index (χ3v) is 11.5. The van der Waals surface area contributed by atoms with Gasteiger partial charge in [0.1, 0.15) is 41.7 Å². The van der Waals surface area contributed by atoms with Crippen LogP contribution in [0.25, 0.3) is 0 Å². The summed E-state index contributed by atoms with van der Waals surface area (Å²) in [5.74, 6) is -1.19. The maximum Gasteiger partial charge on any atom is 0.275 e. The minimum Gasteiger partial charge on any atom is -0.325 e. The Hall–Kier alpha value is -5.97. The predicted octanol–water partition coefficient (Wildman–Crippen LogP) is 8.46. The number of rotatable bonds is 8. The van der Waals surface area contributed by atoms with Gasteiger partial charge in [0.25, 0.3) is 11.8 Å². The van der Waals surface area contributed by atoms with Gasteiger partial charge in [-0.1, -0.05) is 91.9 Å². The van der Waals surface area contributed by atoms with Gasteiger partial charge < -0.3 is 20.4 Å². The Bertz CT molecular complexity index is 2140. The van der Waals surface area contributed by atoms with Gasteiger partial charge in [0.2, 0.25) is 11.8 Å². The standard InChI is InChI=1S/C24H26FN3O2.C23H25N3O2/c1-17-6-12-20(13-7-17)26-21(29)16-28-23(30)22(18-8-10-19(25)11-9-18)27-24(28)14-4-2-3-5-15-24;27-20(24-19-13-7-4-8-14-19)17-26-22(28)21(18-11-5-3-6-12-18)25-23(26)15-9-1-2-10-16-23/h6-13H,2-5,14-16H2,1H3,(H,26,29);3-8,11-14H,1-2,9-10,15-17H2,(H,24,27). The lowest BCUT2D eigenvalue weighted by atomic mass is 10.00. The van der Waals surface area contributed by atoms with Gasteiger partial charge in [-0.2, -0.15) is 0 Å². The summed E-state index contributed by atoms with van der Waals surface area (Å²) in [4.78, 5) is 65.3. The first-order valence-electron chi connectivity index (χ1n) is 20.5. The molecule has 2 aliphatic heterocycles. The molecule has 0 radical (unpaired) electrons. The molecule has 2 N–H and O–H groups in total. The second-order valence-corrected chi connectivity index (χ2v) is 15.7. The zero-order chi connectivity index (χ0) is 40.5. The maximum absolute atomic E-state index is 13.4. The molecule has 2 spiro atoms. The molecule has 11 heteroatoms. The molecule has 8 rings (SSSR count). The van der Waals surface area contributed by atoms with E-state index in [0.717, 1.165) is 93.9 Å². The van der Waals surface area contributed by atoms with E-state index in [1.165, 1.54) is 12.1 Å². The van der Waals surface area contributed by atoms with E-state index >= 15 is 0 Å². The zero-order valence-corrected chi connectivity index (χ0v) is 33.1. The van der Waals surface area contributed by atoms with Crippen molar-refractivity contribution in [1.82, 2.24) is 9.80 Å². The van der Waals surface area contributed by atoms with Crippen LogP contribution < -0.4 is 10.6 Å². The van der Waals surface area contributed by atoms with E-state index in [-0.39, 0.29) is 42.5 Å². The van der Waals surface area contributed by atoms with Crippen LogP contribution in [0.4, 0.5) is 15.8 Å². The number of carbonyl (C=O) groups is 4. The van der Waals surface area contributed by atoms with Crippen LogP contribution in [-0.4, -0.2) is 69.3 Å². The van der Waals surface area contributed by atoms with E-state index < -0.39 is 11.3 Å². The summed E-state index contributed by atoms with van der Waals surface area (Å²) in [7, 11) is 0. The first-order valence-corrected chi connectivity index (χ1v) is 20.5. The number of hydrogen-bond acceptors (Lipinski definition) is 6. The lowest BCUT2D eigenvalue weighted by molar-refractivity contribution is -0.133. The topological polar surface area (TPSA) is 124 Å². The molecular formula is C47H51FN6O4. The number of benzene rings is 4. The number of carbonyl (C=O) groups excluding carboxylic acids is 4. The number of aryl methyl sites for hydroxylation is 1. The minimum absolute atomic E-state index is 0.0214. The Kier molecular flexibility index (Phi) is 12.5. The Morgan fingerprint density at radius 1 is 0.552 bits per heavy atom. The molecule has 4 aromatic carbocycles. The Morgan fingerprint density at radius 3 is 1.40 bits per heavy atom. The van der Waals surface area contributed by atoms with Gasteiger partial charge in [0.15, 0.2) is 0 Å². The molecule has 0 saturated heterocycles. The smallest absolute Gasteiger partial charge is 0.275 e. The first-order chi connectivity index (χ1) is 28.1. The largest absolute Gasteiger partial charge is 0.325 e. The van der Waals surface area contributed by atoms with Crippen LogP contribution >= 0.6 is 0 Å². The van der Waals surface area contributed by atoms with E-state index in [9.17, 15) is 23.6 Å². The number of anilines is 2. The second-order valence-electron chi connectivity index (χ2n) is 15.7. The van der Waals surface area contributed by atoms with Crippen LogP contribution in [0, 0.1) is 12.7 Å². The fraction of sp³-hybridized carbons (Fsp3) is 0.362. The van der Waals surface area contributed by atoms with Crippen molar-refractivity contribution in [2.45, 2.75) is 95.3 Å². The Balaban J connectivity index is 0.000000177. The molecule has 0 bridgehead atoms. The average molecular weight is 783 g/mol. The number of nitrogens with zero attached hydrogens (tertiary/aromatic N) is 4. The van der Waals surface area contributed by atoms with Crippen molar-refractivity contribution in [3.8, 4) is 0 Å². The van der Waals surface area contributed by atoms with Crippen LogP contribution in [0.3, 0.4) is 0 Å². The highest BCUT2D eigenvalue weighted by Crippen LogP contribution is 2.40. The van der Waals surface area contributed by atoms with E-state index in [1.807, 2.05) is 91.9 Å². The van der Waals surface area contributed by atoms with Crippen molar-refractivity contribution in [3.05, 3.63) is 132 Å². The third-order valence-electron chi connectivity index (χ3n) is 11.5. The van der Waals surface area contributed by atoms with Gasteiger partial charge >= 0.3 is 0 Å². The highest BCUT2D eigenvalue weighted by atomic mass is 19.1. The Labute approximate surface area is 339 Å². The maximum atomic E-state index is 13.4. The summed E-state index contributed by atoms with van der Waals surface area (Å²) in [6.45, 7) is 1.95. The van der Waals surface area contributed by atoms with E-state index in [0.29, 0.717) is 22.7 Å². The van der Waals surface area contributed by atoms with Gasteiger partial charge in [0.05, 0.1) is 0 Å². The van der Waals surface area contributed by atoms with Gasteiger partial charge in [-0.15, -0.1) is 0 Å². The summed E-state index contributed by atoms with van der Waals surface area (Å²) >= 11 is 0. The van der Waals surface area contributed by atoms with E-state index in [4.69, 9.17) is 9.98 Å². The van der Waals surface area contributed by atoms with Gasteiger partial charge in [-0.3, -0.25) is 29.2 Å². The molecule has 58 heavy (non-hydrogen) atoms. The van der Waals surface area contributed by atoms with Gasteiger partial charge in [-0.25, -0.2) is 4.39 Å². The summed E-state index contributed by atoms with van der Waals surface area (Å²) in [6, 6.07) is 32.3. The molecule has 10 nitrogen and oxygen atoms in total. The predicted molar refractivity (Wildman–Crippen MR) is 225 cm³/mol. The van der Waals surface area contributed by atoms with Gasteiger partial charge in [-0.05, 0) is 107 Å². The number of para-hydroxylation sites is 1. The lowest BCUT2D eigenvalue weighted by Crippen LogP contribution is -2.50. The summed E-state index contributed by atoms with van der Waals surface area (Å²) in [5.41, 5.74) is 3.47. The summed E-state index contributed by atoms with van der Waals surface area (Å²) in [6.07, 6.45) is 11.6. The van der Waals surface area contributed by atoms with Gasteiger partial charge in [0, 0.05) is 22.5 Å². The SMILES string of the molecule is Cc1ccc(NC(=O)CN2C(=O)C(c3ccc(F)cc3)=NC23CCCCCC3)cc1.O=C(CN1C(=O)C(c2ccccc2)=NC12CCCCCC2)Nc1ccccc1. The third kappa shape index (κ3) is 9.25. The molecule has 300 valence electrons. The summed E-state index contributed by atoms with van der Waals surface area (Å²) < 4.78 is 13.4. The molecule has 0 aromatic heterocycles. The van der Waals surface area contributed by atoms with E-state index in [2.05, 4.69) is 10.6 Å². The zero-order valence-electron chi connectivity index (χ0n) is 33.1. The number of halogens is 1. The van der Waals surface area contributed by atoms with Crippen LogP contribution in [0.5, 0.6) is 0 Å². The number of nitrogens with one attached hydrogen (secondary N) is 2. The average Bonchev–Trinajstić information content (AvgIpc) is 3.42. The van der Waals surface area contributed by atoms with Crippen molar-refractivity contribution >= 4 is 46.4 Å². The lowest BCUT2D eigenvalue weighted by Gasteiger charge is -2.35.